The first-order valence-electron chi connectivity index (χ1n) is 5.64. The zero-order valence-electron chi connectivity index (χ0n) is 10.6. The molecule has 0 saturated carbocycles. The SMILES string of the molecule is Cc1ccccc1C(=O)Oc1c(Cl)c(CO)nn1C. The number of aliphatic hydroxyl groups is 1. The summed E-state index contributed by atoms with van der Waals surface area (Å²) >= 11 is 5.98. The highest BCUT2D eigenvalue weighted by Crippen LogP contribution is 2.28. The van der Waals surface area contributed by atoms with Gasteiger partial charge < -0.3 is 9.84 Å². The van der Waals surface area contributed by atoms with Gasteiger partial charge in [-0.1, -0.05) is 29.8 Å². The van der Waals surface area contributed by atoms with Crippen molar-refractivity contribution in [1.82, 2.24) is 9.78 Å². The van der Waals surface area contributed by atoms with Crippen molar-refractivity contribution in [3.63, 3.8) is 0 Å². The van der Waals surface area contributed by atoms with E-state index in [-0.39, 0.29) is 23.2 Å². The average Bonchev–Trinajstić information content (AvgIpc) is 2.66. The van der Waals surface area contributed by atoms with Gasteiger partial charge in [0.15, 0.2) is 0 Å². The molecule has 0 spiro atoms. The number of aryl methyl sites for hydroxylation is 2. The molecule has 1 aromatic carbocycles. The Balaban J connectivity index is 2.30. The number of halogens is 1. The van der Waals surface area contributed by atoms with Crippen molar-refractivity contribution in [2.75, 3.05) is 0 Å². The topological polar surface area (TPSA) is 64.3 Å². The summed E-state index contributed by atoms with van der Waals surface area (Å²) in [5.74, 6) is -0.383. The van der Waals surface area contributed by atoms with Crippen molar-refractivity contribution in [1.29, 1.82) is 0 Å². The van der Waals surface area contributed by atoms with Crippen molar-refractivity contribution in [3.8, 4) is 5.88 Å². The van der Waals surface area contributed by atoms with Crippen molar-refractivity contribution >= 4 is 17.6 Å². The molecule has 1 N–H and O–H groups in total. The molecule has 100 valence electrons. The molecule has 5 nitrogen and oxygen atoms in total. The summed E-state index contributed by atoms with van der Waals surface area (Å²) in [6, 6.07) is 7.09. The van der Waals surface area contributed by atoms with Crippen LogP contribution in [0.1, 0.15) is 21.6 Å². The summed E-state index contributed by atoms with van der Waals surface area (Å²) in [5, 5.41) is 13.2. The average molecular weight is 281 g/mol. The van der Waals surface area contributed by atoms with E-state index < -0.39 is 5.97 Å². The molecule has 0 aliphatic heterocycles. The highest BCUT2D eigenvalue weighted by molar-refractivity contribution is 6.32. The molecule has 0 fully saturated rings. The minimum absolute atomic E-state index is 0.124. The molecular weight excluding hydrogens is 268 g/mol. The van der Waals surface area contributed by atoms with Gasteiger partial charge in [0, 0.05) is 7.05 Å². The van der Waals surface area contributed by atoms with E-state index in [0.717, 1.165) is 5.56 Å². The normalized spacial score (nSPS) is 10.5. The van der Waals surface area contributed by atoms with E-state index in [2.05, 4.69) is 5.10 Å². The molecule has 6 heteroatoms. The van der Waals surface area contributed by atoms with E-state index in [1.165, 1.54) is 4.68 Å². The molecule has 1 aromatic heterocycles. The summed E-state index contributed by atoms with van der Waals surface area (Å²) in [7, 11) is 1.59. The first-order chi connectivity index (χ1) is 9.04. The van der Waals surface area contributed by atoms with Gasteiger partial charge >= 0.3 is 5.97 Å². The number of ether oxygens (including phenoxy) is 1. The van der Waals surface area contributed by atoms with Crippen LogP contribution < -0.4 is 4.74 Å². The molecule has 0 unspecified atom stereocenters. The molecule has 0 aliphatic rings. The van der Waals surface area contributed by atoms with Gasteiger partial charge in [0.1, 0.15) is 10.7 Å². The fourth-order valence-corrected chi connectivity index (χ4v) is 1.95. The second-order valence-electron chi connectivity index (χ2n) is 4.05. The van der Waals surface area contributed by atoms with Gasteiger partial charge in [0.05, 0.1) is 12.2 Å². The lowest BCUT2D eigenvalue weighted by atomic mass is 10.1. The molecule has 0 bridgehead atoms. The Morgan fingerprint density at radius 1 is 1.47 bits per heavy atom. The van der Waals surface area contributed by atoms with Crippen LogP contribution in [-0.4, -0.2) is 20.9 Å². The minimum Gasteiger partial charge on any atom is -0.402 e. The van der Waals surface area contributed by atoms with Crippen molar-refractivity contribution in [2.24, 2.45) is 7.05 Å². The molecule has 0 radical (unpaired) electrons. The van der Waals surface area contributed by atoms with E-state index in [0.29, 0.717) is 5.56 Å². The largest absolute Gasteiger partial charge is 0.402 e. The Morgan fingerprint density at radius 3 is 2.74 bits per heavy atom. The first-order valence-corrected chi connectivity index (χ1v) is 6.02. The second kappa shape index (κ2) is 5.42. The smallest absolute Gasteiger partial charge is 0.345 e. The Hall–Kier alpha value is -1.85. The van der Waals surface area contributed by atoms with Crippen LogP contribution in [0.2, 0.25) is 5.02 Å². The maximum atomic E-state index is 12.1. The second-order valence-corrected chi connectivity index (χ2v) is 4.43. The van der Waals surface area contributed by atoms with Crippen LogP contribution in [0.4, 0.5) is 0 Å². The third-order valence-electron chi connectivity index (χ3n) is 2.71. The quantitative estimate of drug-likeness (QED) is 0.875. The standard InChI is InChI=1S/C13H13ClN2O3/c1-8-5-3-4-6-9(8)13(18)19-12-11(14)10(7-17)15-16(12)2/h3-6,17H,7H2,1-2H3. The molecule has 2 rings (SSSR count). The summed E-state index contributed by atoms with van der Waals surface area (Å²) in [5.41, 5.74) is 1.55. The lowest BCUT2D eigenvalue weighted by molar-refractivity contribution is 0.0719. The number of benzene rings is 1. The number of carbonyl (C=O) groups is 1. The lowest BCUT2D eigenvalue weighted by Gasteiger charge is -2.06. The van der Waals surface area contributed by atoms with Gasteiger partial charge in [0.2, 0.25) is 5.88 Å². The van der Waals surface area contributed by atoms with Gasteiger partial charge in [-0.3, -0.25) is 0 Å². The predicted octanol–water partition coefficient (Wildman–Crippen LogP) is 2.09. The number of aliphatic hydroxyl groups excluding tert-OH is 1. The Morgan fingerprint density at radius 2 is 2.16 bits per heavy atom. The third-order valence-corrected chi connectivity index (χ3v) is 3.09. The predicted molar refractivity (Wildman–Crippen MR) is 70.3 cm³/mol. The number of carbonyl (C=O) groups excluding carboxylic acids is 1. The van der Waals surface area contributed by atoms with Crippen LogP contribution >= 0.6 is 11.6 Å². The number of rotatable bonds is 3. The van der Waals surface area contributed by atoms with Gasteiger partial charge in [-0.05, 0) is 18.6 Å². The van der Waals surface area contributed by atoms with Gasteiger partial charge in [-0.15, -0.1) is 0 Å². The highest BCUT2D eigenvalue weighted by Gasteiger charge is 2.19. The van der Waals surface area contributed by atoms with E-state index in [1.807, 2.05) is 19.1 Å². The van der Waals surface area contributed by atoms with Crippen molar-refractivity contribution in [2.45, 2.75) is 13.5 Å². The van der Waals surface area contributed by atoms with Gasteiger partial charge in [0.25, 0.3) is 0 Å². The Bertz CT molecular complexity index is 622. The highest BCUT2D eigenvalue weighted by atomic mass is 35.5. The number of hydrogen-bond donors (Lipinski definition) is 1. The van der Waals surface area contributed by atoms with E-state index in [1.54, 1.807) is 19.2 Å². The van der Waals surface area contributed by atoms with Crippen LogP contribution in [0.5, 0.6) is 5.88 Å². The maximum absolute atomic E-state index is 12.1. The van der Waals surface area contributed by atoms with E-state index >= 15 is 0 Å². The lowest BCUT2D eigenvalue weighted by Crippen LogP contribution is -2.12. The van der Waals surface area contributed by atoms with Crippen molar-refractivity contribution < 1.29 is 14.6 Å². The van der Waals surface area contributed by atoms with Crippen molar-refractivity contribution in [3.05, 3.63) is 46.1 Å². The molecule has 19 heavy (non-hydrogen) atoms. The maximum Gasteiger partial charge on any atom is 0.345 e. The molecule has 0 amide bonds. The molecule has 0 saturated heterocycles. The van der Waals surface area contributed by atoms with Gasteiger partial charge in [-0.25, -0.2) is 9.48 Å². The van der Waals surface area contributed by atoms with Gasteiger partial charge in [-0.2, -0.15) is 5.10 Å². The summed E-state index contributed by atoms with van der Waals surface area (Å²) < 4.78 is 6.57. The third kappa shape index (κ3) is 2.62. The summed E-state index contributed by atoms with van der Waals surface area (Å²) in [6.07, 6.45) is 0. The fraction of sp³-hybridized carbons (Fsp3) is 0.231. The number of aromatic nitrogens is 2. The van der Waals surface area contributed by atoms with E-state index in [9.17, 15) is 4.79 Å². The first kappa shape index (κ1) is 13.6. The van der Waals surface area contributed by atoms with E-state index in [4.69, 9.17) is 21.4 Å². The van der Waals surface area contributed by atoms with Crippen LogP contribution in [0.3, 0.4) is 0 Å². The number of nitrogens with zero attached hydrogens (tertiary/aromatic N) is 2. The summed E-state index contributed by atoms with van der Waals surface area (Å²) in [6.45, 7) is 1.51. The van der Waals surface area contributed by atoms with Crippen LogP contribution in [0, 0.1) is 6.92 Å². The Labute approximate surface area is 115 Å². The van der Waals surface area contributed by atoms with Crippen LogP contribution in [0.25, 0.3) is 0 Å². The zero-order chi connectivity index (χ0) is 14.0. The molecule has 1 heterocycles. The molecular formula is C13H13ClN2O3. The van der Waals surface area contributed by atoms with Crippen LogP contribution in [0.15, 0.2) is 24.3 Å². The Kier molecular flexibility index (Phi) is 3.87. The number of hydrogen-bond acceptors (Lipinski definition) is 4. The van der Waals surface area contributed by atoms with Crippen LogP contribution in [-0.2, 0) is 13.7 Å². The zero-order valence-corrected chi connectivity index (χ0v) is 11.3. The monoisotopic (exact) mass is 280 g/mol. The fourth-order valence-electron chi connectivity index (χ4n) is 1.69. The molecule has 2 aromatic rings. The minimum atomic E-state index is -0.507. The number of esters is 1. The molecule has 0 atom stereocenters. The molecule has 0 aliphatic carbocycles. The summed E-state index contributed by atoms with van der Waals surface area (Å²) in [4.78, 5) is 12.1.